The van der Waals surface area contributed by atoms with Gasteiger partial charge in [0.05, 0.1) is 19.6 Å². The second-order valence-electron chi connectivity index (χ2n) is 5.04. The van der Waals surface area contributed by atoms with Crippen LogP contribution in [0.5, 0.6) is 0 Å². The van der Waals surface area contributed by atoms with Gasteiger partial charge in [-0.2, -0.15) is 0 Å². The van der Waals surface area contributed by atoms with Crippen molar-refractivity contribution in [1.29, 1.82) is 0 Å². The fourth-order valence-electron chi connectivity index (χ4n) is 2.14. The zero-order valence-corrected chi connectivity index (χ0v) is 13.9. The lowest BCUT2D eigenvalue weighted by atomic mass is 10.0. The first kappa shape index (κ1) is 17.7. The molecule has 6 nitrogen and oxygen atoms in total. The van der Waals surface area contributed by atoms with E-state index in [9.17, 15) is 9.59 Å². The van der Waals surface area contributed by atoms with E-state index in [-0.39, 0.29) is 6.42 Å². The van der Waals surface area contributed by atoms with E-state index in [2.05, 4.69) is 15.6 Å². The molecule has 0 saturated carbocycles. The minimum atomic E-state index is -0.583. The van der Waals surface area contributed by atoms with Crippen LogP contribution in [0.25, 0.3) is 0 Å². The van der Waals surface area contributed by atoms with E-state index in [1.165, 1.54) is 7.11 Å². The molecule has 1 atom stereocenters. The van der Waals surface area contributed by atoms with Gasteiger partial charge in [-0.25, -0.2) is 4.79 Å². The molecule has 1 aromatic carbocycles. The Hall–Kier alpha value is -2.60. The SMILES string of the molecule is COC(=O)CC(NC(=O)NCc1cccnc1)c1ccccc1Cl. The Bertz CT molecular complexity index is 694. The highest BCUT2D eigenvalue weighted by Crippen LogP contribution is 2.25. The molecule has 0 radical (unpaired) electrons. The number of amides is 2. The zero-order valence-electron chi connectivity index (χ0n) is 13.2. The average Bonchev–Trinajstić information content (AvgIpc) is 2.60. The van der Waals surface area contributed by atoms with Crippen molar-refractivity contribution in [2.75, 3.05) is 7.11 Å². The predicted molar refractivity (Wildman–Crippen MR) is 90.4 cm³/mol. The topological polar surface area (TPSA) is 80.3 Å². The van der Waals surface area contributed by atoms with Crippen LogP contribution in [0.2, 0.25) is 5.02 Å². The van der Waals surface area contributed by atoms with Gasteiger partial charge in [0, 0.05) is 24.0 Å². The summed E-state index contributed by atoms with van der Waals surface area (Å²) < 4.78 is 4.69. The lowest BCUT2D eigenvalue weighted by molar-refractivity contribution is -0.141. The predicted octanol–water partition coefficient (Wildman–Crippen LogP) is 2.84. The molecule has 0 spiro atoms. The Labute approximate surface area is 145 Å². The van der Waals surface area contributed by atoms with E-state index < -0.39 is 18.0 Å². The fourth-order valence-corrected chi connectivity index (χ4v) is 2.41. The molecule has 126 valence electrons. The van der Waals surface area contributed by atoms with Gasteiger partial charge >= 0.3 is 12.0 Å². The van der Waals surface area contributed by atoms with Crippen LogP contribution >= 0.6 is 11.6 Å². The maximum absolute atomic E-state index is 12.1. The van der Waals surface area contributed by atoms with Crippen LogP contribution in [0.3, 0.4) is 0 Å². The van der Waals surface area contributed by atoms with Crippen LogP contribution in [0.1, 0.15) is 23.6 Å². The summed E-state index contributed by atoms with van der Waals surface area (Å²) in [6.07, 6.45) is 3.31. The Morgan fingerprint density at radius 3 is 2.71 bits per heavy atom. The van der Waals surface area contributed by atoms with Crippen molar-refractivity contribution in [2.45, 2.75) is 19.0 Å². The number of rotatable bonds is 6. The van der Waals surface area contributed by atoms with Gasteiger partial charge in [-0.1, -0.05) is 35.9 Å². The standard InChI is InChI=1S/C17H18ClN3O3/c1-24-16(22)9-15(13-6-2-3-7-14(13)18)21-17(23)20-11-12-5-4-8-19-10-12/h2-8,10,15H,9,11H2,1H3,(H2,20,21,23). The van der Waals surface area contributed by atoms with Crippen LogP contribution in [0.15, 0.2) is 48.8 Å². The number of nitrogens with zero attached hydrogens (tertiary/aromatic N) is 1. The van der Waals surface area contributed by atoms with E-state index >= 15 is 0 Å². The number of ether oxygens (including phenoxy) is 1. The molecule has 2 amide bonds. The highest BCUT2D eigenvalue weighted by Gasteiger charge is 2.20. The van der Waals surface area contributed by atoms with Crippen molar-refractivity contribution >= 4 is 23.6 Å². The smallest absolute Gasteiger partial charge is 0.315 e. The van der Waals surface area contributed by atoms with Crippen LogP contribution < -0.4 is 10.6 Å². The maximum Gasteiger partial charge on any atom is 0.315 e. The normalized spacial score (nSPS) is 11.4. The summed E-state index contributed by atoms with van der Waals surface area (Å²) in [6.45, 7) is 0.327. The molecule has 1 unspecified atom stereocenters. The monoisotopic (exact) mass is 347 g/mol. The number of urea groups is 1. The highest BCUT2D eigenvalue weighted by molar-refractivity contribution is 6.31. The maximum atomic E-state index is 12.1. The third-order valence-electron chi connectivity index (χ3n) is 3.36. The number of methoxy groups -OCH3 is 1. The van der Waals surface area contributed by atoms with Crippen molar-refractivity contribution in [3.8, 4) is 0 Å². The molecule has 7 heteroatoms. The number of benzene rings is 1. The summed E-state index contributed by atoms with van der Waals surface area (Å²) >= 11 is 6.17. The van der Waals surface area contributed by atoms with E-state index in [4.69, 9.17) is 16.3 Å². The van der Waals surface area contributed by atoms with Crippen LogP contribution in [-0.2, 0) is 16.1 Å². The molecule has 24 heavy (non-hydrogen) atoms. The van der Waals surface area contributed by atoms with E-state index in [0.29, 0.717) is 17.1 Å². The molecule has 2 N–H and O–H groups in total. The van der Waals surface area contributed by atoms with Crippen LogP contribution in [0, 0.1) is 0 Å². The van der Waals surface area contributed by atoms with E-state index in [1.807, 2.05) is 6.07 Å². The second kappa shape index (κ2) is 8.88. The quantitative estimate of drug-likeness (QED) is 0.787. The molecular formula is C17H18ClN3O3. The van der Waals surface area contributed by atoms with Crippen molar-refractivity contribution < 1.29 is 14.3 Å². The number of esters is 1. The van der Waals surface area contributed by atoms with Gasteiger partial charge in [-0.05, 0) is 23.3 Å². The minimum Gasteiger partial charge on any atom is -0.469 e. The van der Waals surface area contributed by atoms with E-state index in [1.54, 1.807) is 42.7 Å². The highest BCUT2D eigenvalue weighted by atomic mass is 35.5. The Kier molecular flexibility index (Phi) is 6.57. The first-order chi connectivity index (χ1) is 11.6. The van der Waals surface area contributed by atoms with Gasteiger partial charge in [-0.3, -0.25) is 9.78 Å². The average molecular weight is 348 g/mol. The molecule has 2 aromatic rings. The summed E-state index contributed by atoms with van der Waals surface area (Å²) in [4.78, 5) is 27.7. The van der Waals surface area contributed by atoms with Crippen molar-refractivity contribution in [3.63, 3.8) is 0 Å². The minimum absolute atomic E-state index is 0.0133. The van der Waals surface area contributed by atoms with Gasteiger partial charge in [0.1, 0.15) is 0 Å². The third-order valence-corrected chi connectivity index (χ3v) is 3.70. The number of carbonyl (C=O) groups excluding carboxylic acids is 2. The van der Waals surface area contributed by atoms with Crippen LogP contribution in [-0.4, -0.2) is 24.1 Å². The van der Waals surface area contributed by atoms with Crippen molar-refractivity contribution in [1.82, 2.24) is 15.6 Å². The number of aromatic nitrogens is 1. The number of pyridine rings is 1. The number of hydrogen-bond acceptors (Lipinski definition) is 4. The third kappa shape index (κ3) is 5.24. The number of halogens is 1. The van der Waals surface area contributed by atoms with Gasteiger partial charge in [-0.15, -0.1) is 0 Å². The van der Waals surface area contributed by atoms with Gasteiger partial charge in [0.25, 0.3) is 0 Å². The number of carbonyl (C=O) groups is 2. The lowest BCUT2D eigenvalue weighted by Gasteiger charge is -2.19. The number of hydrogen-bond donors (Lipinski definition) is 2. The second-order valence-corrected chi connectivity index (χ2v) is 5.45. The first-order valence-corrected chi connectivity index (χ1v) is 7.72. The zero-order chi connectivity index (χ0) is 17.4. The first-order valence-electron chi connectivity index (χ1n) is 7.34. The van der Waals surface area contributed by atoms with Gasteiger partial charge < -0.3 is 15.4 Å². The van der Waals surface area contributed by atoms with Gasteiger partial charge in [0.15, 0.2) is 0 Å². The largest absolute Gasteiger partial charge is 0.469 e. The molecule has 1 aromatic heterocycles. The Morgan fingerprint density at radius 2 is 2.04 bits per heavy atom. The molecule has 0 bridgehead atoms. The van der Waals surface area contributed by atoms with E-state index in [0.717, 1.165) is 5.56 Å². The molecule has 0 aliphatic carbocycles. The molecule has 1 heterocycles. The Morgan fingerprint density at radius 1 is 1.25 bits per heavy atom. The summed E-state index contributed by atoms with van der Waals surface area (Å²) in [5, 5.41) is 5.95. The number of nitrogens with one attached hydrogen (secondary N) is 2. The molecule has 0 aliphatic rings. The Balaban J connectivity index is 2.03. The van der Waals surface area contributed by atoms with Crippen LogP contribution in [0.4, 0.5) is 4.79 Å². The molecular weight excluding hydrogens is 330 g/mol. The van der Waals surface area contributed by atoms with Crippen molar-refractivity contribution in [2.24, 2.45) is 0 Å². The molecule has 0 fully saturated rings. The molecule has 0 aliphatic heterocycles. The van der Waals surface area contributed by atoms with Crippen molar-refractivity contribution in [3.05, 3.63) is 64.9 Å². The molecule has 2 rings (SSSR count). The van der Waals surface area contributed by atoms with Gasteiger partial charge in [0.2, 0.25) is 0 Å². The summed E-state index contributed by atoms with van der Waals surface area (Å²) in [5.74, 6) is -0.438. The fraction of sp³-hybridized carbons (Fsp3) is 0.235. The summed E-state index contributed by atoms with van der Waals surface area (Å²) in [7, 11) is 1.30. The lowest BCUT2D eigenvalue weighted by Crippen LogP contribution is -2.38. The summed E-state index contributed by atoms with van der Waals surface area (Å²) in [6, 6.07) is 9.69. The summed E-state index contributed by atoms with van der Waals surface area (Å²) in [5.41, 5.74) is 1.52. The molecule has 0 saturated heterocycles.